The van der Waals surface area contributed by atoms with Crippen molar-refractivity contribution in [2.75, 3.05) is 49.9 Å². The molecule has 0 radical (unpaired) electrons. The van der Waals surface area contributed by atoms with Crippen molar-refractivity contribution >= 4 is 22.5 Å². The number of nitrogens with one attached hydrogen (secondary N) is 2. The second-order valence-corrected chi connectivity index (χ2v) is 8.86. The summed E-state index contributed by atoms with van der Waals surface area (Å²) in [6.07, 6.45) is 6.51. The van der Waals surface area contributed by atoms with Gasteiger partial charge in [0.2, 0.25) is 0 Å². The van der Waals surface area contributed by atoms with Gasteiger partial charge in [0.15, 0.2) is 0 Å². The van der Waals surface area contributed by atoms with Crippen LogP contribution in [0, 0.1) is 0 Å². The molecule has 2 unspecified atom stereocenters. The number of pyridine rings is 2. The van der Waals surface area contributed by atoms with E-state index in [0.717, 1.165) is 74.6 Å². The van der Waals surface area contributed by atoms with Gasteiger partial charge in [0, 0.05) is 24.3 Å². The van der Waals surface area contributed by atoms with Crippen LogP contribution in [0.15, 0.2) is 24.4 Å². The summed E-state index contributed by atoms with van der Waals surface area (Å²) in [5, 5.41) is 7.34. The summed E-state index contributed by atoms with van der Waals surface area (Å²) in [4.78, 5) is 14.4. The molecule has 0 saturated heterocycles. The first-order valence-electron chi connectivity index (χ1n) is 12.7. The molecule has 0 bridgehead atoms. The number of anilines is 2. The van der Waals surface area contributed by atoms with E-state index in [1.807, 2.05) is 12.3 Å². The van der Waals surface area contributed by atoms with Gasteiger partial charge < -0.3 is 20.4 Å². The average molecular weight is 443 g/mol. The molecule has 0 amide bonds. The Hall–Kier alpha value is -1.92. The lowest BCUT2D eigenvalue weighted by Gasteiger charge is -2.22. The van der Waals surface area contributed by atoms with E-state index >= 15 is 0 Å². The van der Waals surface area contributed by atoms with Gasteiger partial charge in [0.1, 0.15) is 11.3 Å². The first kappa shape index (κ1) is 26.3. The third-order valence-corrected chi connectivity index (χ3v) is 6.37. The van der Waals surface area contributed by atoms with Gasteiger partial charge in [-0.3, -0.25) is 4.98 Å². The van der Waals surface area contributed by atoms with E-state index in [1.165, 1.54) is 12.8 Å². The molecule has 2 atom stereocenters. The minimum Gasteiger partial charge on any atom is -0.381 e. The van der Waals surface area contributed by atoms with Crippen molar-refractivity contribution in [3.8, 4) is 0 Å². The molecular formula is C26H46N6. The molecule has 0 fully saturated rings. The maximum atomic E-state index is 4.84. The minimum atomic E-state index is 0.381. The summed E-state index contributed by atoms with van der Waals surface area (Å²) in [5.41, 5.74) is 2.96. The van der Waals surface area contributed by atoms with E-state index in [1.54, 1.807) is 0 Å². The molecular weight excluding hydrogens is 396 g/mol. The summed E-state index contributed by atoms with van der Waals surface area (Å²) in [6.45, 7) is 20.3. The summed E-state index contributed by atoms with van der Waals surface area (Å²) in [5.74, 6) is 0.929. The van der Waals surface area contributed by atoms with Crippen LogP contribution in [-0.2, 0) is 0 Å². The standard InChI is InChI=1S/C26H46N6/c1-7-31(8-2)18-12-14-21(5)28-24-20-25(30-23-16-11-17-27-26(23)24)29-22(6)15-13-19-32(9-3)10-4/h11,16-17,20-22H,7-10,12-15,18-19H2,1-6H3,(H2,28,29,30). The fourth-order valence-electron chi connectivity index (χ4n) is 4.23. The summed E-state index contributed by atoms with van der Waals surface area (Å²) < 4.78 is 0. The van der Waals surface area contributed by atoms with Crippen LogP contribution in [0.4, 0.5) is 11.5 Å². The van der Waals surface area contributed by atoms with Gasteiger partial charge >= 0.3 is 0 Å². The van der Waals surface area contributed by atoms with Gasteiger partial charge in [-0.1, -0.05) is 27.7 Å². The SMILES string of the molecule is CCN(CC)CCCC(C)Nc1cc(NC(C)CCCN(CC)CC)c2ncccc2n1. The van der Waals surface area contributed by atoms with Gasteiger partial charge in [-0.05, 0) is 90.9 Å². The van der Waals surface area contributed by atoms with Crippen molar-refractivity contribution < 1.29 is 0 Å². The van der Waals surface area contributed by atoms with Gasteiger partial charge in [0.05, 0.1) is 11.2 Å². The van der Waals surface area contributed by atoms with Crippen LogP contribution in [0.1, 0.15) is 67.2 Å². The minimum absolute atomic E-state index is 0.381. The maximum absolute atomic E-state index is 4.84. The van der Waals surface area contributed by atoms with E-state index in [9.17, 15) is 0 Å². The molecule has 0 aliphatic heterocycles. The number of hydrogen-bond acceptors (Lipinski definition) is 6. The first-order chi connectivity index (χ1) is 15.5. The number of rotatable bonds is 16. The molecule has 2 N–H and O–H groups in total. The second-order valence-electron chi connectivity index (χ2n) is 8.86. The predicted molar refractivity (Wildman–Crippen MR) is 140 cm³/mol. The maximum Gasteiger partial charge on any atom is 0.129 e. The van der Waals surface area contributed by atoms with E-state index in [2.05, 4.69) is 79.1 Å². The van der Waals surface area contributed by atoms with E-state index < -0.39 is 0 Å². The first-order valence-corrected chi connectivity index (χ1v) is 12.7. The zero-order valence-electron chi connectivity index (χ0n) is 21.3. The molecule has 0 spiro atoms. The van der Waals surface area contributed by atoms with E-state index in [-0.39, 0.29) is 0 Å². The van der Waals surface area contributed by atoms with Gasteiger partial charge in [-0.15, -0.1) is 0 Å². The van der Waals surface area contributed by atoms with Crippen molar-refractivity contribution in [3.05, 3.63) is 24.4 Å². The van der Waals surface area contributed by atoms with Crippen LogP contribution in [0.3, 0.4) is 0 Å². The summed E-state index contributed by atoms with van der Waals surface area (Å²) >= 11 is 0. The number of hydrogen-bond donors (Lipinski definition) is 2. The highest BCUT2D eigenvalue weighted by Gasteiger charge is 2.12. The predicted octanol–water partition coefficient (Wildman–Crippen LogP) is 5.47. The third kappa shape index (κ3) is 8.55. The highest BCUT2D eigenvalue weighted by atomic mass is 15.1. The fourth-order valence-corrected chi connectivity index (χ4v) is 4.23. The fraction of sp³-hybridized carbons (Fsp3) is 0.692. The van der Waals surface area contributed by atoms with Crippen molar-refractivity contribution in [2.45, 2.75) is 79.3 Å². The molecule has 0 saturated carbocycles. The third-order valence-electron chi connectivity index (χ3n) is 6.37. The molecule has 0 aromatic carbocycles. The average Bonchev–Trinajstić information content (AvgIpc) is 2.79. The quantitative estimate of drug-likeness (QED) is 0.359. The van der Waals surface area contributed by atoms with Crippen LogP contribution < -0.4 is 10.6 Å². The van der Waals surface area contributed by atoms with Crippen LogP contribution in [-0.4, -0.2) is 71.1 Å². The smallest absolute Gasteiger partial charge is 0.129 e. The van der Waals surface area contributed by atoms with Crippen molar-refractivity contribution in [3.63, 3.8) is 0 Å². The molecule has 32 heavy (non-hydrogen) atoms. The van der Waals surface area contributed by atoms with Crippen LogP contribution in [0.25, 0.3) is 11.0 Å². The Morgan fingerprint density at radius 1 is 0.844 bits per heavy atom. The highest BCUT2D eigenvalue weighted by molar-refractivity contribution is 5.89. The number of aromatic nitrogens is 2. The van der Waals surface area contributed by atoms with Gasteiger partial charge in [-0.2, -0.15) is 0 Å². The topological polar surface area (TPSA) is 56.3 Å². The molecule has 2 rings (SSSR count). The van der Waals surface area contributed by atoms with Gasteiger partial charge in [0.25, 0.3) is 0 Å². The van der Waals surface area contributed by atoms with Gasteiger partial charge in [-0.25, -0.2) is 4.98 Å². The van der Waals surface area contributed by atoms with Crippen LogP contribution >= 0.6 is 0 Å². The number of fused-ring (bicyclic) bond motifs is 1. The summed E-state index contributed by atoms with van der Waals surface area (Å²) in [6, 6.07) is 6.92. The highest BCUT2D eigenvalue weighted by Crippen LogP contribution is 2.25. The van der Waals surface area contributed by atoms with Crippen molar-refractivity contribution in [2.24, 2.45) is 0 Å². The van der Waals surface area contributed by atoms with E-state index in [0.29, 0.717) is 12.1 Å². The molecule has 6 nitrogen and oxygen atoms in total. The molecule has 2 heterocycles. The van der Waals surface area contributed by atoms with Crippen molar-refractivity contribution in [1.29, 1.82) is 0 Å². The number of nitrogens with zero attached hydrogens (tertiary/aromatic N) is 4. The Bertz CT molecular complexity index is 772. The molecule has 180 valence electrons. The Morgan fingerprint density at radius 2 is 1.41 bits per heavy atom. The Morgan fingerprint density at radius 3 is 1.97 bits per heavy atom. The summed E-state index contributed by atoms with van der Waals surface area (Å²) in [7, 11) is 0. The Balaban J connectivity index is 2.00. The molecule has 6 heteroatoms. The molecule has 2 aromatic heterocycles. The van der Waals surface area contributed by atoms with E-state index in [4.69, 9.17) is 4.98 Å². The Kier molecular flexibility index (Phi) is 11.7. The monoisotopic (exact) mass is 442 g/mol. The molecule has 0 aliphatic rings. The lowest BCUT2D eigenvalue weighted by atomic mass is 10.1. The molecule has 2 aromatic rings. The zero-order valence-corrected chi connectivity index (χ0v) is 21.3. The van der Waals surface area contributed by atoms with Crippen LogP contribution in [0.2, 0.25) is 0 Å². The second kappa shape index (κ2) is 14.3. The molecule has 0 aliphatic carbocycles. The van der Waals surface area contributed by atoms with Crippen molar-refractivity contribution in [1.82, 2.24) is 19.8 Å². The largest absolute Gasteiger partial charge is 0.381 e. The lowest BCUT2D eigenvalue weighted by molar-refractivity contribution is 0.295. The normalized spacial score (nSPS) is 13.6. The lowest BCUT2D eigenvalue weighted by Crippen LogP contribution is -2.26. The Labute approximate surface area is 196 Å². The van der Waals surface area contributed by atoms with Crippen LogP contribution in [0.5, 0.6) is 0 Å². The zero-order chi connectivity index (χ0) is 23.3.